The Kier molecular flexibility index (Phi) is 6.83. The van der Waals surface area contributed by atoms with E-state index in [0.717, 1.165) is 0 Å². The summed E-state index contributed by atoms with van der Waals surface area (Å²) in [6.07, 6.45) is 2.97. The van der Waals surface area contributed by atoms with Crippen molar-refractivity contribution in [2.75, 3.05) is 18.4 Å². The number of furan rings is 1. The highest BCUT2D eigenvalue weighted by molar-refractivity contribution is 6.05. The zero-order chi connectivity index (χ0) is 23.2. The van der Waals surface area contributed by atoms with E-state index < -0.39 is 11.7 Å². The molecule has 1 unspecified atom stereocenters. The average Bonchev–Trinajstić information content (AvgIpc) is 3.36. The summed E-state index contributed by atoms with van der Waals surface area (Å²) in [6.45, 7) is 1.17. The first-order chi connectivity index (χ1) is 16.0. The van der Waals surface area contributed by atoms with Crippen LogP contribution in [0.1, 0.15) is 39.3 Å². The maximum Gasteiger partial charge on any atom is 0.258 e. The number of halogens is 1. The fourth-order valence-corrected chi connectivity index (χ4v) is 3.86. The van der Waals surface area contributed by atoms with Gasteiger partial charge in [0.2, 0.25) is 5.91 Å². The van der Waals surface area contributed by atoms with Crippen molar-refractivity contribution in [2.45, 2.75) is 19.4 Å². The zero-order valence-electron chi connectivity index (χ0n) is 17.9. The number of hydrogen-bond acceptors (Lipinski definition) is 4. The third-order valence-electron chi connectivity index (χ3n) is 5.58. The molecule has 0 aliphatic carbocycles. The van der Waals surface area contributed by atoms with Gasteiger partial charge >= 0.3 is 0 Å². The van der Waals surface area contributed by atoms with E-state index in [2.05, 4.69) is 10.6 Å². The fraction of sp³-hybridized carbons (Fsp3) is 0.240. The van der Waals surface area contributed by atoms with Crippen molar-refractivity contribution in [3.63, 3.8) is 0 Å². The van der Waals surface area contributed by atoms with E-state index in [-0.39, 0.29) is 23.3 Å². The van der Waals surface area contributed by atoms with Gasteiger partial charge in [-0.25, -0.2) is 4.39 Å². The highest BCUT2D eigenvalue weighted by Gasteiger charge is 2.29. The van der Waals surface area contributed by atoms with E-state index >= 15 is 0 Å². The minimum absolute atomic E-state index is 0.0753. The molecular formula is C25H24FN3O4. The third kappa shape index (κ3) is 5.46. The van der Waals surface area contributed by atoms with Crippen LogP contribution in [-0.4, -0.2) is 35.7 Å². The van der Waals surface area contributed by atoms with Gasteiger partial charge in [0, 0.05) is 24.3 Å². The van der Waals surface area contributed by atoms with Gasteiger partial charge in [-0.15, -0.1) is 0 Å². The second kappa shape index (κ2) is 10.1. The molecule has 2 heterocycles. The van der Waals surface area contributed by atoms with Crippen molar-refractivity contribution in [3.8, 4) is 0 Å². The van der Waals surface area contributed by atoms with Gasteiger partial charge in [0.05, 0.1) is 24.3 Å². The van der Waals surface area contributed by atoms with Crippen LogP contribution in [0.3, 0.4) is 0 Å². The van der Waals surface area contributed by atoms with Crippen LogP contribution >= 0.6 is 0 Å². The van der Waals surface area contributed by atoms with Crippen LogP contribution in [0.25, 0.3) is 0 Å². The van der Waals surface area contributed by atoms with E-state index in [1.54, 1.807) is 53.6 Å². The van der Waals surface area contributed by atoms with Crippen molar-refractivity contribution >= 4 is 23.4 Å². The molecule has 2 N–H and O–H groups in total. The Balaban J connectivity index is 1.38. The second-order valence-electron chi connectivity index (χ2n) is 7.90. The lowest BCUT2D eigenvalue weighted by atomic mass is 9.96. The van der Waals surface area contributed by atoms with Crippen LogP contribution < -0.4 is 10.6 Å². The lowest BCUT2D eigenvalue weighted by Gasteiger charge is -2.32. The number of nitrogens with zero attached hydrogens (tertiary/aromatic N) is 1. The molecule has 8 heteroatoms. The number of benzene rings is 2. The van der Waals surface area contributed by atoms with Crippen molar-refractivity contribution in [1.29, 1.82) is 0 Å². The number of carbonyl (C=O) groups is 3. The summed E-state index contributed by atoms with van der Waals surface area (Å²) in [5, 5.41) is 5.49. The molecule has 0 spiro atoms. The Morgan fingerprint density at radius 2 is 1.91 bits per heavy atom. The maximum absolute atomic E-state index is 13.9. The van der Waals surface area contributed by atoms with E-state index in [9.17, 15) is 18.8 Å². The molecule has 0 saturated carbocycles. The molecule has 1 fully saturated rings. The first kappa shape index (κ1) is 22.3. The molecule has 1 aliphatic heterocycles. The topological polar surface area (TPSA) is 91.7 Å². The van der Waals surface area contributed by atoms with Crippen molar-refractivity contribution in [3.05, 3.63) is 89.6 Å². The molecule has 4 rings (SSSR count). The minimum atomic E-state index is -0.619. The number of carbonyl (C=O) groups excluding carboxylic acids is 3. The fourth-order valence-electron chi connectivity index (χ4n) is 3.86. The maximum atomic E-state index is 13.9. The number of rotatable bonds is 6. The molecule has 1 atom stereocenters. The standard InChI is InChI=1S/C25H24FN3O4/c26-22-11-2-1-10-21(22)24(31)28-19-8-3-6-17(14-19)25(32)29-12-4-7-18(16-29)23(30)27-15-20-9-5-13-33-20/h1-3,5-6,8-11,13-14,18H,4,7,12,15-16H2,(H,27,30)(H,28,31). The lowest BCUT2D eigenvalue weighted by Crippen LogP contribution is -2.45. The van der Waals surface area contributed by atoms with Gasteiger partial charge in [-0.3, -0.25) is 14.4 Å². The van der Waals surface area contributed by atoms with Crippen molar-refractivity contribution < 1.29 is 23.2 Å². The van der Waals surface area contributed by atoms with Crippen LogP contribution in [0.5, 0.6) is 0 Å². The van der Waals surface area contributed by atoms with Crippen LogP contribution in [0.2, 0.25) is 0 Å². The molecule has 0 bridgehead atoms. The Hall–Kier alpha value is -3.94. The largest absolute Gasteiger partial charge is 0.467 e. The first-order valence-corrected chi connectivity index (χ1v) is 10.8. The average molecular weight is 449 g/mol. The normalized spacial score (nSPS) is 15.7. The SMILES string of the molecule is O=C(Nc1cccc(C(=O)N2CCCC(C(=O)NCc3ccco3)C2)c1)c1ccccc1F. The molecule has 0 radical (unpaired) electrons. The molecule has 2 aromatic carbocycles. The second-order valence-corrected chi connectivity index (χ2v) is 7.90. The summed E-state index contributed by atoms with van der Waals surface area (Å²) in [7, 11) is 0. The Bertz CT molecular complexity index is 1150. The number of piperidine rings is 1. The highest BCUT2D eigenvalue weighted by atomic mass is 19.1. The molecule has 33 heavy (non-hydrogen) atoms. The first-order valence-electron chi connectivity index (χ1n) is 10.8. The van der Waals surface area contributed by atoms with Gasteiger partial charge in [0.15, 0.2) is 0 Å². The van der Waals surface area contributed by atoms with Crippen molar-refractivity contribution in [2.24, 2.45) is 5.92 Å². The summed E-state index contributed by atoms with van der Waals surface area (Å²) in [4.78, 5) is 39.7. The summed E-state index contributed by atoms with van der Waals surface area (Å²) in [5.74, 6) is -1.19. The molecule has 170 valence electrons. The Labute approximate surface area is 190 Å². The molecule has 1 aliphatic rings. The molecule has 3 amide bonds. The van der Waals surface area contributed by atoms with Gasteiger partial charge in [-0.05, 0) is 55.3 Å². The van der Waals surface area contributed by atoms with Crippen LogP contribution in [0, 0.1) is 11.7 Å². The quantitative estimate of drug-likeness (QED) is 0.598. The molecule has 7 nitrogen and oxygen atoms in total. The lowest BCUT2D eigenvalue weighted by molar-refractivity contribution is -0.126. The molecule has 1 saturated heterocycles. The van der Waals surface area contributed by atoms with Gasteiger partial charge in [-0.2, -0.15) is 0 Å². The minimum Gasteiger partial charge on any atom is -0.467 e. The van der Waals surface area contributed by atoms with Gasteiger partial charge < -0.3 is 20.0 Å². The monoisotopic (exact) mass is 449 g/mol. The van der Waals surface area contributed by atoms with Crippen LogP contribution in [-0.2, 0) is 11.3 Å². The summed E-state index contributed by atoms with van der Waals surface area (Å²) >= 11 is 0. The zero-order valence-corrected chi connectivity index (χ0v) is 17.9. The Morgan fingerprint density at radius 1 is 1.06 bits per heavy atom. The van der Waals surface area contributed by atoms with E-state index in [0.29, 0.717) is 49.5 Å². The van der Waals surface area contributed by atoms with E-state index in [4.69, 9.17) is 4.42 Å². The van der Waals surface area contributed by atoms with Gasteiger partial charge in [-0.1, -0.05) is 18.2 Å². The summed E-state index contributed by atoms with van der Waals surface area (Å²) in [6, 6.07) is 15.7. The van der Waals surface area contributed by atoms with Crippen LogP contribution in [0.15, 0.2) is 71.3 Å². The predicted molar refractivity (Wildman–Crippen MR) is 120 cm³/mol. The van der Waals surface area contributed by atoms with Gasteiger partial charge in [0.25, 0.3) is 11.8 Å². The predicted octanol–water partition coefficient (Wildman–Crippen LogP) is 3.84. The summed E-state index contributed by atoms with van der Waals surface area (Å²) < 4.78 is 19.1. The van der Waals surface area contributed by atoms with Crippen molar-refractivity contribution in [1.82, 2.24) is 10.2 Å². The number of amides is 3. The number of hydrogen-bond donors (Lipinski definition) is 2. The number of anilines is 1. The summed E-state index contributed by atoms with van der Waals surface area (Å²) in [5.41, 5.74) is 0.700. The highest BCUT2D eigenvalue weighted by Crippen LogP contribution is 2.21. The number of nitrogens with one attached hydrogen (secondary N) is 2. The smallest absolute Gasteiger partial charge is 0.258 e. The Morgan fingerprint density at radius 3 is 2.70 bits per heavy atom. The third-order valence-corrected chi connectivity index (χ3v) is 5.58. The molecular weight excluding hydrogens is 425 g/mol. The number of likely N-dealkylation sites (tertiary alicyclic amines) is 1. The molecule has 1 aromatic heterocycles. The van der Waals surface area contributed by atoms with Gasteiger partial charge in [0.1, 0.15) is 11.6 Å². The van der Waals surface area contributed by atoms with E-state index in [1.165, 1.54) is 18.2 Å². The van der Waals surface area contributed by atoms with E-state index in [1.807, 2.05) is 0 Å². The van der Waals surface area contributed by atoms with Crippen LogP contribution in [0.4, 0.5) is 10.1 Å². The molecule has 3 aromatic rings.